The largest absolute Gasteiger partial charge is 0.573 e. The molecule has 1 saturated heterocycles. The van der Waals surface area contributed by atoms with Crippen LogP contribution in [0, 0.1) is 0 Å². The molecule has 0 saturated carbocycles. The van der Waals surface area contributed by atoms with Gasteiger partial charge in [-0.1, -0.05) is 12.1 Å². The van der Waals surface area contributed by atoms with E-state index in [2.05, 4.69) is 25.6 Å². The summed E-state index contributed by atoms with van der Waals surface area (Å²) in [6.45, 7) is 4.56. The highest BCUT2D eigenvalue weighted by molar-refractivity contribution is 5.91. The van der Waals surface area contributed by atoms with Gasteiger partial charge in [-0.05, 0) is 31.2 Å². The Kier molecular flexibility index (Phi) is 6.25. The number of hydrogen-bond donors (Lipinski definition) is 2. The van der Waals surface area contributed by atoms with E-state index in [1.165, 1.54) is 23.1 Å². The van der Waals surface area contributed by atoms with E-state index in [1.807, 2.05) is 24.0 Å². The standard InChI is InChI=1S/C18H21F3N6O2/c1-2-22-15-7-8-16(25-24-15)26-9-11-27(12-10-26)17(28)23-13-5-3-4-6-14(13)29-18(19,20)21/h3-8H,2,9-12H2,1H3,(H,22,24)(H,23,28). The number of hydrogen-bond acceptors (Lipinski definition) is 6. The van der Waals surface area contributed by atoms with Gasteiger partial charge in [0.15, 0.2) is 11.6 Å². The van der Waals surface area contributed by atoms with Crippen molar-refractivity contribution in [3.8, 4) is 5.75 Å². The molecule has 0 radical (unpaired) electrons. The van der Waals surface area contributed by atoms with Gasteiger partial charge in [0.2, 0.25) is 0 Å². The van der Waals surface area contributed by atoms with Gasteiger partial charge < -0.3 is 25.2 Å². The summed E-state index contributed by atoms with van der Waals surface area (Å²) in [6, 6.07) is 8.63. The molecular weight excluding hydrogens is 389 g/mol. The Balaban J connectivity index is 1.57. The predicted octanol–water partition coefficient (Wildman–Crippen LogP) is 3.16. The molecule has 1 aliphatic heterocycles. The predicted molar refractivity (Wildman–Crippen MR) is 102 cm³/mol. The number of benzene rings is 1. The lowest BCUT2D eigenvalue weighted by molar-refractivity contribution is -0.274. The first-order chi connectivity index (χ1) is 13.9. The molecule has 1 aromatic heterocycles. The molecule has 156 valence electrons. The van der Waals surface area contributed by atoms with Crippen LogP contribution < -0.4 is 20.3 Å². The van der Waals surface area contributed by atoms with Crippen LogP contribution in [-0.2, 0) is 0 Å². The van der Waals surface area contributed by atoms with E-state index < -0.39 is 18.1 Å². The Bertz CT molecular complexity index is 823. The van der Waals surface area contributed by atoms with Crippen LogP contribution in [0.5, 0.6) is 5.75 Å². The number of nitrogens with one attached hydrogen (secondary N) is 2. The summed E-state index contributed by atoms with van der Waals surface area (Å²) in [5, 5.41) is 13.8. The van der Waals surface area contributed by atoms with Crippen LogP contribution in [0.15, 0.2) is 36.4 Å². The van der Waals surface area contributed by atoms with Crippen molar-refractivity contribution in [3.05, 3.63) is 36.4 Å². The second kappa shape index (κ2) is 8.84. The summed E-state index contributed by atoms with van der Waals surface area (Å²) in [4.78, 5) is 16.0. The topological polar surface area (TPSA) is 82.6 Å². The number of carbonyl (C=O) groups excluding carboxylic acids is 1. The van der Waals surface area contributed by atoms with Crippen molar-refractivity contribution in [2.24, 2.45) is 0 Å². The van der Waals surface area contributed by atoms with E-state index >= 15 is 0 Å². The third-order valence-electron chi connectivity index (χ3n) is 4.25. The number of carbonyl (C=O) groups is 1. The van der Waals surface area contributed by atoms with Crippen LogP contribution in [-0.4, -0.2) is 60.2 Å². The second-order valence-electron chi connectivity index (χ2n) is 6.26. The molecule has 1 aromatic carbocycles. The van der Waals surface area contributed by atoms with Gasteiger partial charge in [-0.15, -0.1) is 23.4 Å². The van der Waals surface area contributed by atoms with E-state index in [1.54, 1.807) is 0 Å². The Morgan fingerprint density at radius 2 is 1.83 bits per heavy atom. The summed E-state index contributed by atoms with van der Waals surface area (Å²) >= 11 is 0. The molecule has 0 unspecified atom stereocenters. The first kappa shape index (κ1) is 20.5. The van der Waals surface area contributed by atoms with Crippen LogP contribution >= 0.6 is 0 Å². The summed E-state index contributed by atoms with van der Waals surface area (Å²) in [5.74, 6) is 0.938. The number of urea groups is 1. The zero-order valence-electron chi connectivity index (χ0n) is 15.7. The molecular formula is C18H21F3N6O2. The highest BCUT2D eigenvalue weighted by atomic mass is 19.4. The maximum absolute atomic E-state index is 12.5. The molecule has 8 nitrogen and oxygen atoms in total. The smallest absolute Gasteiger partial charge is 0.404 e. The van der Waals surface area contributed by atoms with E-state index in [9.17, 15) is 18.0 Å². The number of nitrogens with zero attached hydrogens (tertiary/aromatic N) is 4. The molecule has 11 heteroatoms. The first-order valence-corrected chi connectivity index (χ1v) is 9.09. The Labute approximate surface area is 165 Å². The van der Waals surface area contributed by atoms with Gasteiger partial charge in [0.05, 0.1) is 5.69 Å². The van der Waals surface area contributed by atoms with Crippen molar-refractivity contribution in [1.29, 1.82) is 0 Å². The van der Waals surface area contributed by atoms with E-state index in [4.69, 9.17) is 0 Å². The van der Waals surface area contributed by atoms with Crippen molar-refractivity contribution in [2.45, 2.75) is 13.3 Å². The highest BCUT2D eigenvalue weighted by Crippen LogP contribution is 2.30. The van der Waals surface area contributed by atoms with Crippen LogP contribution in [0.4, 0.5) is 35.3 Å². The third kappa shape index (κ3) is 5.62. The van der Waals surface area contributed by atoms with Crippen molar-refractivity contribution in [2.75, 3.05) is 48.3 Å². The molecule has 1 fully saturated rings. The number of amides is 2. The van der Waals surface area contributed by atoms with Crippen molar-refractivity contribution < 1.29 is 22.7 Å². The minimum atomic E-state index is -4.84. The van der Waals surface area contributed by atoms with Gasteiger partial charge in [-0.2, -0.15) is 0 Å². The van der Waals surface area contributed by atoms with Crippen LogP contribution in [0.3, 0.4) is 0 Å². The molecule has 0 aliphatic carbocycles. The van der Waals surface area contributed by atoms with E-state index in [0.29, 0.717) is 37.8 Å². The lowest BCUT2D eigenvalue weighted by atomic mass is 10.3. The quantitative estimate of drug-likeness (QED) is 0.788. The molecule has 2 N–H and O–H groups in total. The molecule has 0 spiro atoms. The lowest BCUT2D eigenvalue weighted by Gasteiger charge is -2.35. The Morgan fingerprint density at radius 1 is 1.10 bits per heavy atom. The summed E-state index contributed by atoms with van der Waals surface area (Å²) < 4.78 is 41.5. The second-order valence-corrected chi connectivity index (χ2v) is 6.26. The average Bonchev–Trinajstić information content (AvgIpc) is 2.69. The SMILES string of the molecule is CCNc1ccc(N2CCN(C(=O)Nc3ccccc3OC(F)(F)F)CC2)nn1. The van der Waals surface area contributed by atoms with Gasteiger partial charge in [0.1, 0.15) is 5.82 Å². The monoisotopic (exact) mass is 410 g/mol. The summed E-state index contributed by atoms with van der Waals surface area (Å²) in [6.07, 6.45) is -4.84. The number of para-hydroxylation sites is 2. The van der Waals surface area contributed by atoms with Crippen molar-refractivity contribution in [3.63, 3.8) is 0 Å². The molecule has 1 aliphatic rings. The normalized spacial score (nSPS) is 14.5. The van der Waals surface area contributed by atoms with E-state index in [0.717, 1.165) is 12.6 Å². The molecule has 0 atom stereocenters. The van der Waals surface area contributed by atoms with Crippen molar-refractivity contribution >= 4 is 23.4 Å². The third-order valence-corrected chi connectivity index (χ3v) is 4.25. The minimum absolute atomic E-state index is 0.0397. The number of ether oxygens (including phenoxy) is 1. The Hall–Kier alpha value is -3.24. The van der Waals surface area contributed by atoms with Crippen LogP contribution in [0.2, 0.25) is 0 Å². The van der Waals surface area contributed by atoms with Gasteiger partial charge in [0.25, 0.3) is 0 Å². The van der Waals surface area contributed by atoms with Crippen LogP contribution in [0.1, 0.15) is 6.92 Å². The Morgan fingerprint density at radius 3 is 2.45 bits per heavy atom. The molecule has 2 aromatic rings. The maximum atomic E-state index is 12.5. The first-order valence-electron chi connectivity index (χ1n) is 9.09. The van der Waals surface area contributed by atoms with Gasteiger partial charge in [0, 0.05) is 32.7 Å². The number of piperazine rings is 1. The highest BCUT2D eigenvalue weighted by Gasteiger charge is 2.32. The molecule has 0 bridgehead atoms. The number of halogens is 3. The van der Waals surface area contributed by atoms with Crippen LogP contribution in [0.25, 0.3) is 0 Å². The molecule has 3 rings (SSSR count). The van der Waals surface area contributed by atoms with Crippen molar-refractivity contribution in [1.82, 2.24) is 15.1 Å². The van der Waals surface area contributed by atoms with Gasteiger partial charge in [-0.3, -0.25) is 0 Å². The fraction of sp³-hybridized carbons (Fsp3) is 0.389. The molecule has 2 heterocycles. The fourth-order valence-corrected chi connectivity index (χ4v) is 2.89. The van der Waals surface area contributed by atoms with Gasteiger partial charge in [-0.25, -0.2) is 4.79 Å². The lowest BCUT2D eigenvalue weighted by Crippen LogP contribution is -2.50. The fourth-order valence-electron chi connectivity index (χ4n) is 2.89. The summed E-state index contributed by atoms with van der Waals surface area (Å²) in [5.41, 5.74) is -0.0397. The molecule has 29 heavy (non-hydrogen) atoms. The average molecular weight is 410 g/mol. The van der Waals surface area contributed by atoms with Gasteiger partial charge >= 0.3 is 12.4 Å². The number of rotatable bonds is 5. The molecule has 2 amide bonds. The minimum Gasteiger partial charge on any atom is -0.404 e. The number of aromatic nitrogens is 2. The maximum Gasteiger partial charge on any atom is 0.573 e. The number of anilines is 3. The van der Waals surface area contributed by atoms with E-state index in [-0.39, 0.29) is 5.69 Å². The zero-order chi connectivity index (χ0) is 20.9. The number of alkyl halides is 3. The summed E-state index contributed by atoms with van der Waals surface area (Å²) in [7, 11) is 0. The zero-order valence-corrected chi connectivity index (χ0v) is 15.7.